The molecule has 2 amide bonds. The molecule has 7 nitrogen and oxygen atoms in total. The number of likely N-dealkylation sites (tertiary alicyclic amines) is 1. The summed E-state index contributed by atoms with van der Waals surface area (Å²) in [7, 11) is 1.87. The Hall–Kier alpha value is -3.16. The second-order valence-electron chi connectivity index (χ2n) is 8.25. The van der Waals surface area contributed by atoms with Crippen LogP contribution in [0, 0.1) is 11.7 Å². The monoisotopic (exact) mass is 410 g/mol. The van der Waals surface area contributed by atoms with E-state index in [0.717, 1.165) is 25.0 Å². The van der Waals surface area contributed by atoms with Gasteiger partial charge >= 0.3 is 0 Å². The van der Waals surface area contributed by atoms with Gasteiger partial charge in [0.05, 0.1) is 5.69 Å². The maximum atomic E-state index is 13.4. The molecule has 156 valence electrons. The number of carbonyl (C=O) groups excluding carboxylic acids is 2. The van der Waals surface area contributed by atoms with Gasteiger partial charge < -0.3 is 14.6 Å². The van der Waals surface area contributed by atoms with Crippen LogP contribution in [-0.4, -0.2) is 45.6 Å². The first-order valence-corrected chi connectivity index (χ1v) is 10.3. The lowest BCUT2D eigenvalue weighted by molar-refractivity contribution is -0.123. The van der Waals surface area contributed by atoms with Crippen molar-refractivity contribution in [1.82, 2.24) is 20.0 Å². The zero-order valence-electron chi connectivity index (χ0n) is 16.7. The largest absolute Gasteiger partial charge is 0.451 e. The van der Waals surface area contributed by atoms with Crippen LogP contribution in [0.1, 0.15) is 41.4 Å². The molecule has 1 saturated heterocycles. The number of aromatic nitrogens is 2. The van der Waals surface area contributed by atoms with Gasteiger partial charge in [0.1, 0.15) is 11.4 Å². The molecule has 3 aromatic rings. The van der Waals surface area contributed by atoms with E-state index in [4.69, 9.17) is 4.42 Å². The molecule has 2 aliphatic rings. The first kappa shape index (κ1) is 18.8. The summed E-state index contributed by atoms with van der Waals surface area (Å²) in [4.78, 5) is 27.2. The van der Waals surface area contributed by atoms with E-state index < -0.39 is 5.82 Å². The molecule has 2 aromatic heterocycles. The number of furan rings is 1. The van der Waals surface area contributed by atoms with Crippen molar-refractivity contribution in [2.75, 3.05) is 13.1 Å². The molecule has 3 atom stereocenters. The molecule has 0 bridgehead atoms. The van der Waals surface area contributed by atoms with Crippen LogP contribution in [0.5, 0.6) is 0 Å². The number of halogens is 1. The van der Waals surface area contributed by atoms with Crippen LogP contribution in [0.25, 0.3) is 11.0 Å². The number of nitrogens with one attached hydrogen (secondary N) is 1. The number of hydrogen-bond donors (Lipinski definition) is 1. The number of amides is 2. The van der Waals surface area contributed by atoms with E-state index in [1.54, 1.807) is 21.7 Å². The van der Waals surface area contributed by atoms with Gasteiger partial charge in [0.2, 0.25) is 5.91 Å². The quantitative estimate of drug-likeness (QED) is 0.717. The number of aryl methyl sites for hydroxylation is 1. The number of fused-ring (bicyclic) bond motifs is 1. The molecule has 1 aliphatic carbocycles. The summed E-state index contributed by atoms with van der Waals surface area (Å²) in [6.07, 6.45) is 4.34. The second kappa shape index (κ2) is 7.27. The number of nitrogens with zero attached hydrogens (tertiary/aromatic N) is 3. The van der Waals surface area contributed by atoms with Crippen molar-refractivity contribution < 1.29 is 18.4 Å². The van der Waals surface area contributed by atoms with Crippen molar-refractivity contribution in [3.8, 4) is 0 Å². The Morgan fingerprint density at radius 1 is 1.27 bits per heavy atom. The van der Waals surface area contributed by atoms with Crippen LogP contribution in [0.2, 0.25) is 0 Å². The standard InChI is InChI=1S/C22H23FN4O3/c1-26-8-6-18(25-26)16-11-17(16)21(28)24-15-3-2-7-27(12-15)22(29)20-9-13-4-5-14(23)10-19(13)30-20/h4-6,8-10,15-17H,2-3,7,11-12H2,1H3,(H,24,28)/t15?,16-,17-/m1/s1. The van der Waals surface area contributed by atoms with Gasteiger partial charge in [0.15, 0.2) is 5.76 Å². The molecule has 1 unspecified atom stereocenters. The molecule has 3 heterocycles. The minimum absolute atomic E-state index is 0.0316. The average Bonchev–Trinajstić information content (AvgIpc) is 3.24. The van der Waals surface area contributed by atoms with Crippen molar-refractivity contribution in [3.63, 3.8) is 0 Å². The fraction of sp³-hybridized carbons (Fsp3) is 0.409. The number of carbonyl (C=O) groups is 2. The first-order chi connectivity index (χ1) is 14.5. The molecule has 2 fully saturated rings. The summed E-state index contributed by atoms with van der Waals surface area (Å²) in [6.45, 7) is 1.05. The van der Waals surface area contributed by atoms with Crippen molar-refractivity contribution >= 4 is 22.8 Å². The highest BCUT2D eigenvalue weighted by Gasteiger charge is 2.46. The molecular formula is C22H23FN4O3. The van der Waals surface area contributed by atoms with Gasteiger partial charge in [0, 0.05) is 55.7 Å². The molecule has 1 aromatic carbocycles. The molecule has 8 heteroatoms. The molecule has 5 rings (SSSR count). The molecule has 0 spiro atoms. The Labute approximate surface area is 172 Å². The van der Waals surface area contributed by atoms with Crippen molar-refractivity contribution in [3.05, 3.63) is 53.8 Å². The van der Waals surface area contributed by atoms with E-state index >= 15 is 0 Å². The van der Waals surface area contributed by atoms with E-state index in [1.807, 2.05) is 19.3 Å². The van der Waals surface area contributed by atoms with E-state index in [2.05, 4.69) is 10.4 Å². The highest BCUT2D eigenvalue weighted by molar-refractivity contribution is 5.96. The van der Waals surface area contributed by atoms with Crippen LogP contribution in [0.4, 0.5) is 4.39 Å². The Balaban J connectivity index is 1.21. The van der Waals surface area contributed by atoms with E-state index in [-0.39, 0.29) is 35.5 Å². The van der Waals surface area contributed by atoms with E-state index in [1.165, 1.54) is 12.1 Å². The van der Waals surface area contributed by atoms with E-state index in [9.17, 15) is 14.0 Å². The van der Waals surface area contributed by atoms with Crippen LogP contribution in [-0.2, 0) is 11.8 Å². The molecular weight excluding hydrogens is 387 g/mol. The number of hydrogen-bond acceptors (Lipinski definition) is 4. The van der Waals surface area contributed by atoms with Crippen LogP contribution < -0.4 is 5.32 Å². The first-order valence-electron chi connectivity index (χ1n) is 10.3. The number of piperidine rings is 1. The molecule has 0 radical (unpaired) electrons. The Kier molecular flexibility index (Phi) is 4.56. The minimum Gasteiger partial charge on any atom is -0.451 e. The normalized spacial score (nSPS) is 23.5. The van der Waals surface area contributed by atoms with Crippen LogP contribution >= 0.6 is 0 Å². The smallest absolute Gasteiger partial charge is 0.289 e. The van der Waals surface area contributed by atoms with Gasteiger partial charge in [-0.1, -0.05) is 0 Å². The lowest BCUT2D eigenvalue weighted by atomic mass is 10.0. The maximum absolute atomic E-state index is 13.4. The van der Waals surface area contributed by atoms with Crippen LogP contribution in [0.3, 0.4) is 0 Å². The van der Waals surface area contributed by atoms with Crippen LogP contribution in [0.15, 0.2) is 40.9 Å². The SMILES string of the molecule is Cn1ccc([C@@H]2C[C@H]2C(=O)NC2CCCN(C(=O)c3cc4ccc(F)cc4o3)C2)n1. The fourth-order valence-corrected chi connectivity index (χ4v) is 4.30. The number of benzene rings is 1. The molecule has 1 N–H and O–H groups in total. The fourth-order valence-electron chi connectivity index (χ4n) is 4.30. The third kappa shape index (κ3) is 3.58. The lowest BCUT2D eigenvalue weighted by Crippen LogP contribution is -2.50. The summed E-state index contributed by atoms with van der Waals surface area (Å²) >= 11 is 0. The lowest BCUT2D eigenvalue weighted by Gasteiger charge is -2.32. The topological polar surface area (TPSA) is 80.4 Å². The van der Waals surface area contributed by atoms with Gasteiger partial charge in [-0.05, 0) is 43.5 Å². The van der Waals surface area contributed by atoms with Gasteiger partial charge in [-0.2, -0.15) is 5.10 Å². The third-order valence-corrected chi connectivity index (χ3v) is 5.99. The Bertz CT molecular complexity index is 1120. The van der Waals surface area contributed by atoms with Gasteiger partial charge in [-0.15, -0.1) is 0 Å². The van der Waals surface area contributed by atoms with Crippen molar-refractivity contribution in [2.24, 2.45) is 13.0 Å². The summed E-state index contributed by atoms with van der Waals surface area (Å²) in [5.41, 5.74) is 1.31. The Morgan fingerprint density at radius 2 is 2.13 bits per heavy atom. The minimum atomic E-state index is -0.402. The molecule has 1 aliphatic heterocycles. The average molecular weight is 410 g/mol. The number of rotatable bonds is 4. The van der Waals surface area contributed by atoms with Gasteiger partial charge in [0.25, 0.3) is 5.91 Å². The van der Waals surface area contributed by atoms with Gasteiger partial charge in [-0.25, -0.2) is 4.39 Å². The van der Waals surface area contributed by atoms with Gasteiger partial charge in [-0.3, -0.25) is 14.3 Å². The highest BCUT2D eigenvalue weighted by atomic mass is 19.1. The Morgan fingerprint density at radius 3 is 2.93 bits per heavy atom. The molecule has 30 heavy (non-hydrogen) atoms. The summed E-state index contributed by atoms with van der Waals surface area (Å²) in [5, 5.41) is 8.19. The maximum Gasteiger partial charge on any atom is 0.289 e. The second-order valence-corrected chi connectivity index (χ2v) is 8.25. The van der Waals surface area contributed by atoms with Crippen molar-refractivity contribution in [2.45, 2.75) is 31.2 Å². The zero-order chi connectivity index (χ0) is 20.8. The predicted octanol–water partition coefficient (Wildman–Crippen LogP) is 2.83. The summed E-state index contributed by atoms with van der Waals surface area (Å²) in [6, 6.07) is 7.73. The molecule has 1 saturated carbocycles. The summed E-state index contributed by atoms with van der Waals surface area (Å²) < 4.78 is 20.7. The third-order valence-electron chi connectivity index (χ3n) is 5.99. The summed E-state index contributed by atoms with van der Waals surface area (Å²) in [5.74, 6) is -0.270. The van der Waals surface area contributed by atoms with Crippen molar-refractivity contribution in [1.29, 1.82) is 0 Å². The predicted molar refractivity (Wildman–Crippen MR) is 107 cm³/mol. The highest BCUT2D eigenvalue weighted by Crippen LogP contribution is 2.46. The zero-order valence-corrected chi connectivity index (χ0v) is 16.7. The van der Waals surface area contributed by atoms with E-state index in [0.29, 0.717) is 24.1 Å².